The first-order valence-corrected chi connectivity index (χ1v) is 5.51. The fourth-order valence-electron chi connectivity index (χ4n) is 1.68. The smallest absolute Gasteiger partial charge is 0.504 e. The van der Waals surface area contributed by atoms with E-state index in [4.69, 9.17) is 14.4 Å². The number of carbonyl (C=O) groups is 1. The van der Waals surface area contributed by atoms with E-state index in [1.165, 1.54) is 0 Å². The Bertz CT molecular complexity index is 476. The van der Waals surface area contributed by atoms with Crippen molar-refractivity contribution in [3.05, 3.63) is 22.8 Å². The summed E-state index contributed by atoms with van der Waals surface area (Å²) in [4.78, 5) is 11.2. The molecule has 1 heterocycles. The Labute approximate surface area is 104 Å². The van der Waals surface area contributed by atoms with E-state index in [0.29, 0.717) is 0 Å². The maximum absolute atomic E-state index is 14.0. The normalized spacial score (nSPS) is 28.5. The van der Waals surface area contributed by atoms with Gasteiger partial charge in [0.2, 0.25) is 11.5 Å². The number of allylic oxidation sites excluding steroid dienone is 2. The molecule has 7 heteroatoms. The van der Waals surface area contributed by atoms with Crippen LogP contribution < -0.4 is 0 Å². The molecule has 0 atom stereocenters. The number of hydrogen-bond donors (Lipinski definition) is 2. The Balaban J connectivity index is 2.33. The highest BCUT2D eigenvalue weighted by atomic mass is 19.1. The van der Waals surface area contributed by atoms with Crippen LogP contribution in [0.5, 0.6) is 0 Å². The first-order chi connectivity index (χ1) is 8.08. The molecule has 1 saturated heterocycles. The van der Waals surface area contributed by atoms with Gasteiger partial charge in [0.1, 0.15) is 5.73 Å². The SMILES string of the molecule is CC1(C)OB(C(F)=C2C(=O)C(O)=C2O)OC1(C)C. The maximum Gasteiger partial charge on any atom is 0.526 e. The monoisotopic (exact) mass is 256 g/mol. The summed E-state index contributed by atoms with van der Waals surface area (Å²) in [5, 5.41) is 18.2. The molecule has 0 bridgehead atoms. The Morgan fingerprint density at radius 1 is 1.11 bits per heavy atom. The molecule has 0 aromatic carbocycles. The van der Waals surface area contributed by atoms with Gasteiger partial charge in [-0.2, -0.15) is 0 Å². The molecule has 0 amide bonds. The number of rotatable bonds is 1. The molecule has 98 valence electrons. The van der Waals surface area contributed by atoms with E-state index in [0.717, 1.165) is 0 Å². The van der Waals surface area contributed by atoms with Gasteiger partial charge in [0.05, 0.1) is 16.8 Å². The summed E-state index contributed by atoms with van der Waals surface area (Å²) < 4.78 is 24.8. The predicted octanol–water partition coefficient (Wildman–Crippen LogP) is 1.75. The lowest BCUT2D eigenvalue weighted by Crippen LogP contribution is -2.41. The molecule has 2 aliphatic rings. The third-order valence-corrected chi connectivity index (χ3v) is 3.60. The number of aliphatic hydroxyl groups excluding tert-OH is 2. The largest absolute Gasteiger partial charge is 0.526 e. The summed E-state index contributed by atoms with van der Waals surface area (Å²) in [6.45, 7) is 6.95. The van der Waals surface area contributed by atoms with Gasteiger partial charge in [0, 0.05) is 0 Å². The van der Waals surface area contributed by atoms with E-state index in [1.54, 1.807) is 27.7 Å². The second-order valence-electron chi connectivity index (χ2n) is 5.34. The van der Waals surface area contributed by atoms with E-state index in [1.807, 2.05) is 0 Å². The molecule has 1 aliphatic carbocycles. The standard InChI is InChI=1S/C11H14BFO5/c1-10(2)11(3,4)18-12(17-10)9(13)5-6(14)8(16)7(5)15/h14,16H,1-4H3. The zero-order valence-corrected chi connectivity index (χ0v) is 10.6. The second-order valence-corrected chi connectivity index (χ2v) is 5.34. The Morgan fingerprint density at radius 3 is 1.94 bits per heavy atom. The summed E-state index contributed by atoms with van der Waals surface area (Å²) in [6, 6.07) is 0. The van der Waals surface area contributed by atoms with Crippen molar-refractivity contribution in [3.63, 3.8) is 0 Å². The average Bonchev–Trinajstić information content (AvgIpc) is 2.48. The van der Waals surface area contributed by atoms with Crippen LogP contribution in [0.2, 0.25) is 0 Å². The van der Waals surface area contributed by atoms with Crippen molar-refractivity contribution in [3.8, 4) is 0 Å². The van der Waals surface area contributed by atoms with Crippen LogP contribution in [0.15, 0.2) is 22.8 Å². The number of ketones is 1. The van der Waals surface area contributed by atoms with Crippen LogP contribution in [0.1, 0.15) is 27.7 Å². The summed E-state index contributed by atoms with van der Waals surface area (Å²) >= 11 is 0. The molecule has 0 saturated carbocycles. The van der Waals surface area contributed by atoms with Gasteiger partial charge in [-0.05, 0) is 27.7 Å². The fraction of sp³-hybridized carbons (Fsp3) is 0.545. The molecule has 1 aliphatic heterocycles. The van der Waals surface area contributed by atoms with Crippen LogP contribution in [0.4, 0.5) is 4.39 Å². The summed E-state index contributed by atoms with van der Waals surface area (Å²) in [7, 11) is -1.36. The average molecular weight is 256 g/mol. The van der Waals surface area contributed by atoms with Crippen molar-refractivity contribution < 1.29 is 28.7 Å². The first kappa shape index (κ1) is 13.1. The molecule has 1 fully saturated rings. The molecule has 2 rings (SSSR count). The van der Waals surface area contributed by atoms with Gasteiger partial charge in [0.15, 0.2) is 5.76 Å². The van der Waals surface area contributed by atoms with Gasteiger partial charge in [-0.1, -0.05) is 0 Å². The van der Waals surface area contributed by atoms with Crippen LogP contribution >= 0.6 is 0 Å². The molecule has 18 heavy (non-hydrogen) atoms. The minimum Gasteiger partial charge on any atom is -0.504 e. The second kappa shape index (κ2) is 3.58. The lowest BCUT2D eigenvalue weighted by Gasteiger charge is -2.32. The fourth-order valence-corrected chi connectivity index (χ4v) is 1.68. The molecule has 0 spiro atoms. The zero-order valence-electron chi connectivity index (χ0n) is 10.6. The van der Waals surface area contributed by atoms with Crippen molar-refractivity contribution in [1.29, 1.82) is 0 Å². The highest BCUT2D eigenvalue weighted by Gasteiger charge is 2.55. The van der Waals surface area contributed by atoms with Crippen LogP contribution in [0.25, 0.3) is 0 Å². The van der Waals surface area contributed by atoms with E-state index in [-0.39, 0.29) is 0 Å². The summed E-state index contributed by atoms with van der Waals surface area (Å²) in [5.74, 6) is -2.54. The van der Waals surface area contributed by atoms with Gasteiger partial charge >= 0.3 is 7.12 Å². The van der Waals surface area contributed by atoms with Crippen LogP contribution in [-0.4, -0.2) is 34.3 Å². The first-order valence-electron chi connectivity index (χ1n) is 5.51. The molecule has 2 N–H and O–H groups in total. The number of Topliss-reactive ketones (excluding diaryl/α,β-unsaturated/α-hetero) is 1. The van der Waals surface area contributed by atoms with E-state index in [9.17, 15) is 14.3 Å². The van der Waals surface area contributed by atoms with E-state index < -0.39 is 46.9 Å². The molecule has 0 aromatic rings. The predicted molar refractivity (Wildman–Crippen MR) is 61.5 cm³/mol. The van der Waals surface area contributed by atoms with Crippen molar-refractivity contribution in [2.45, 2.75) is 38.9 Å². The van der Waals surface area contributed by atoms with E-state index >= 15 is 0 Å². The number of carbonyl (C=O) groups excluding carboxylic acids is 1. The number of hydrogen-bond acceptors (Lipinski definition) is 5. The summed E-state index contributed by atoms with van der Waals surface area (Å²) in [5.41, 5.74) is -3.09. The molecule has 0 aromatic heterocycles. The van der Waals surface area contributed by atoms with Crippen LogP contribution in [0, 0.1) is 0 Å². The lowest BCUT2D eigenvalue weighted by molar-refractivity contribution is -0.116. The topological polar surface area (TPSA) is 76.0 Å². The van der Waals surface area contributed by atoms with E-state index in [2.05, 4.69) is 0 Å². The van der Waals surface area contributed by atoms with Crippen molar-refractivity contribution in [2.24, 2.45) is 0 Å². The van der Waals surface area contributed by atoms with Gasteiger partial charge in [0.25, 0.3) is 0 Å². The Morgan fingerprint density at radius 2 is 1.56 bits per heavy atom. The van der Waals surface area contributed by atoms with Gasteiger partial charge in [-0.15, -0.1) is 0 Å². The minimum atomic E-state index is -1.36. The van der Waals surface area contributed by atoms with Gasteiger partial charge in [-0.25, -0.2) is 4.39 Å². The van der Waals surface area contributed by atoms with Gasteiger partial charge < -0.3 is 19.5 Å². The molecule has 5 nitrogen and oxygen atoms in total. The third kappa shape index (κ3) is 1.58. The molecule has 0 radical (unpaired) electrons. The Hall–Kier alpha value is -1.34. The van der Waals surface area contributed by atoms with Crippen molar-refractivity contribution in [2.75, 3.05) is 0 Å². The third-order valence-electron chi connectivity index (χ3n) is 3.60. The lowest BCUT2D eigenvalue weighted by atomic mass is 9.79. The maximum atomic E-state index is 14.0. The summed E-state index contributed by atoms with van der Waals surface area (Å²) in [6.07, 6.45) is 0. The van der Waals surface area contributed by atoms with Crippen LogP contribution in [-0.2, 0) is 14.1 Å². The minimum absolute atomic E-state index is 0.578. The highest BCUT2D eigenvalue weighted by molar-refractivity contribution is 6.55. The van der Waals surface area contributed by atoms with Gasteiger partial charge in [-0.3, -0.25) is 4.79 Å². The molecule has 0 unspecified atom stereocenters. The number of halogens is 1. The number of aliphatic hydroxyl groups is 2. The van der Waals surface area contributed by atoms with Crippen molar-refractivity contribution in [1.82, 2.24) is 0 Å². The van der Waals surface area contributed by atoms with Crippen molar-refractivity contribution >= 4 is 12.9 Å². The Kier molecular flexibility index (Phi) is 2.61. The van der Waals surface area contributed by atoms with Crippen LogP contribution in [0.3, 0.4) is 0 Å². The quantitative estimate of drug-likeness (QED) is 0.552. The zero-order chi connectivity index (χ0) is 13.9. The molecular formula is C11H14BFO5. The molecular weight excluding hydrogens is 242 g/mol. The highest BCUT2D eigenvalue weighted by Crippen LogP contribution is 2.41.